The van der Waals surface area contributed by atoms with Gasteiger partial charge in [-0.3, -0.25) is 9.88 Å². The number of pyridine rings is 1. The first-order valence-corrected chi connectivity index (χ1v) is 9.13. The lowest BCUT2D eigenvalue weighted by molar-refractivity contribution is 0.249. The fourth-order valence-corrected chi connectivity index (χ4v) is 3.49. The van der Waals surface area contributed by atoms with E-state index in [2.05, 4.69) is 20.9 Å². The van der Waals surface area contributed by atoms with Crippen LogP contribution in [0.4, 0.5) is 10.1 Å². The molecule has 138 valence electrons. The first kappa shape index (κ1) is 17.5. The van der Waals surface area contributed by atoms with Crippen LogP contribution in [0.2, 0.25) is 0 Å². The molecule has 0 atom stereocenters. The third kappa shape index (κ3) is 4.26. The van der Waals surface area contributed by atoms with E-state index in [1.807, 2.05) is 30.6 Å². The van der Waals surface area contributed by atoms with Crippen LogP contribution in [0.5, 0.6) is 5.75 Å². The lowest BCUT2D eigenvalue weighted by Gasteiger charge is -2.36. The summed E-state index contributed by atoms with van der Waals surface area (Å²) in [5.74, 6) is 0.0751. The van der Waals surface area contributed by atoms with Gasteiger partial charge in [0.1, 0.15) is 11.6 Å². The van der Waals surface area contributed by atoms with Crippen molar-refractivity contribution in [3.63, 3.8) is 0 Å². The Morgan fingerprint density at radius 2 is 1.67 bits per heavy atom. The second-order valence-electron chi connectivity index (χ2n) is 6.87. The average molecular weight is 363 g/mol. The molecule has 27 heavy (non-hydrogen) atoms. The zero-order chi connectivity index (χ0) is 18.6. The van der Waals surface area contributed by atoms with Crippen LogP contribution in [0, 0.1) is 5.82 Å². The van der Waals surface area contributed by atoms with Gasteiger partial charge in [-0.1, -0.05) is 18.2 Å². The van der Waals surface area contributed by atoms with Crippen LogP contribution in [0.1, 0.15) is 5.56 Å². The summed E-state index contributed by atoms with van der Waals surface area (Å²) < 4.78 is 13.1. The zero-order valence-electron chi connectivity index (χ0n) is 15.1. The van der Waals surface area contributed by atoms with Crippen LogP contribution in [0.25, 0.3) is 11.1 Å². The number of piperazine rings is 1. The highest BCUT2D eigenvalue weighted by Gasteiger charge is 2.18. The van der Waals surface area contributed by atoms with Gasteiger partial charge in [-0.15, -0.1) is 0 Å². The molecular formula is C22H22FN3O. The van der Waals surface area contributed by atoms with Gasteiger partial charge in [0.05, 0.1) is 0 Å². The minimum atomic E-state index is -0.229. The van der Waals surface area contributed by atoms with E-state index in [1.54, 1.807) is 18.2 Å². The van der Waals surface area contributed by atoms with Gasteiger partial charge < -0.3 is 10.0 Å². The number of rotatable bonds is 4. The normalized spacial score (nSPS) is 15.1. The standard InChI is InChI=1S/C22H22FN3O/c23-20-6-4-18(5-7-20)19-12-17(14-24-15-19)16-25-8-10-26(11-9-25)21-2-1-3-22(27)13-21/h1-7,12-15,27H,8-11,16H2. The highest BCUT2D eigenvalue weighted by Crippen LogP contribution is 2.23. The van der Waals surface area contributed by atoms with Crippen LogP contribution in [0.3, 0.4) is 0 Å². The molecule has 0 bridgehead atoms. The Labute approximate surface area is 158 Å². The summed E-state index contributed by atoms with van der Waals surface area (Å²) in [4.78, 5) is 9.07. The Morgan fingerprint density at radius 3 is 2.41 bits per heavy atom. The number of aromatic hydroxyl groups is 1. The predicted octanol–water partition coefficient (Wildman–Crippen LogP) is 3.92. The molecule has 5 heteroatoms. The summed E-state index contributed by atoms with van der Waals surface area (Å²) in [6.45, 7) is 4.60. The molecule has 0 unspecified atom stereocenters. The third-order valence-corrected chi connectivity index (χ3v) is 4.95. The maximum absolute atomic E-state index is 13.1. The van der Waals surface area contributed by atoms with Crippen molar-refractivity contribution in [2.75, 3.05) is 31.1 Å². The van der Waals surface area contributed by atoms with Gasteiger partial charge in [0, 0.05) is 62.4 Å². The molecule has 1 aliphatic rings. The lowest BCUT2D eigenvalue weighted by Crippen LogP contribution is -2.45. The number of hydrogen-bond donors (Lipinski definition) is 1. The molecule has 2 aromatic carbocycles. The first-order chi connectivity index (χ1) is 13.2. The van der Waals surface area contributed by atoms with Crippen LogP contribution in [-0.4, -0.2) is 41.2 Å². The largest absolute Gasteiger partial charge is 0.508 e. The minimum Gasteiger partial charge on any atom is -0.508 e. The quantitative estimate of drug-likeness (QED) is 0.763. The Balaban J connectivity index is 1.39. The molecule has 2 heterocycles. The first-order valence-electron chi connectivity index (χ1n) is 9.13. The fraction of sp³-hybridized carbons (Fsp3) is 0.227. The number of phenols is 1. The predicted molar refractivity (Wildman–Crippen MR) is 105 cm³/mol. The van der Waals surface area contributed by atoms with Crippen LogP contribution in [0.15, 0.2) is 67.0 Å². The molecule has 0 radical (unpaired) electrons. The Bertz CT molecular complexity index is 905. The minimum absolute atomic E-state index is 0.229. The van der Waals surface area contributed by atoms with Gasteiger partial charge in [-0.05, 0) is 41.5 Å². The second kappa shape index (κ2) is 7.76. The summed E-state index contributed by atoms with van der Waals surface area (Å²) in [6, 6.07) is 16.1. The van der Waals surface area contributed by atoms with E-state index in [0.717, 1.165) is 55.1 Å². The molecule has 4 rings (SSSR count). The molecule has 0 spiro atoms. The van der Waals surface area contributed by atoms with E-state index in [-0.39, 0.29) is 5.82 Å². The molecule has 1 fully saturated rings. The number of halogens is 1. The van der Waals surface area contributed by atoms with Crippen molar-refractivity contribution >= 4 is 5.69 Å². The molecule has 1 aliphatic heterocycles. The average Bonchev–Trinajstić information content (AvgIpc) is 2.69. The van der Waals surface area contributed by atoms with Crippen LogP contribution < -0.4 is 4.90 Å². The van der Waals surface area contributed by atoms with Gasteiger partial charge in [0.2, 0.25) is 0 Å². The van der Waals surface area contributed by atoms with E-state index in [9.17, 15) is 9.50 Å². The van der Waals surface area contributed by atoms with Crippen molar-refractivity contribution < 1.29 is 9.50 Å². The van der Waals surface area contributed by atoms with Gasteiger partial charge in [0.25, 0.3) is 0 Å². The fourth-order valence-electron chi connectivity index (χ4n) is 3.49. The van der Waals surface area contributed by atoms with Crippen molar-refractivity contribution in [2.45, 2.75) is 6.54 Å². The smallest absolute Gasteiger partial charge is 0.123 e. The number of benzene rings is 2. The Morgan fingerprint density at radius 1 is 0.889 bits per heavy atom. The molecule has 0 saturated carbocycles. The molecule has 3 aromatic rings. The highest BCUT2D eigenvalue weighted by molar-refractivity contribution is 5.62. The van der Waals surface area contributed by atoms with E-state index in [0.29, 0.717) is 5.75 Å². The monoisotopic (exact) mass is 363 g/mol. The second-order valence-corrected chi connectivity index (χ2v) is 6.87. The molecule has 1 N–H and O–H groups in total. The Hall–Kier alpha value is -2.92. The molecule has 1 aromatic heterocycles. The molecular weight excluding hydrogens is 341 g/mol. The highest BCUT2D eigenvalue weighted by atomic mass is 19.1. The maximum atomic E-state index is 13.1. The summed E-state index contributed by atoms with van der Waals surface area (Å²) in [5, 5.41) is 9.66. The van der Waals surface area contributed by atoms with Gasteiger partial charge in [-0.25, -0.2) is 4.39 Å². The van der Waals surface area contributed by atoms with Crippen molar-refractivity contribution in [3.05, 3.63) is 78.4 Å². The number of anilines is 1. The van der Waals surface area contributed by atoms with Gasteiger partial charge >= 0.3 is 0 Å². The van der Waals surface area contributed by atoms with Crippen molar-refractivity contribution in [1.82, 2.24) is 9.88 Å². The number of hydrogen-bond acceptors (Lipinski definition) is 4. The van der Waals surface area contributed by atoms with E-state index >= 15 is 0 Å². The molecule has 4 nitrogen and oxygen atoms in total. The topological polar surface area (TPSA) is 39.6 Å². The SMILES string of the molecule is Oc1cccc(N2CCN(Cc3cncc(-c4ccc(F)cc4)c3)CC2)c1. The molecule has 0 amide bonds. The molecule has 1 saturated heterocycles. The summed E-state index contributed by atoms with van der Waals surface area (Å²) >= 11 is 0. The third-order valence-electron chi connectivity index (χ3n) is 4.95. The number of phenolic OH excluding ortho intramolecular Hbond substituents is 1. The van der Waals surface area contributed by atoms with Gasteiger partial charge in [-0.2, -0.15) is 0 Å². The summed E-state index contributed by atoms with van der Waals surface area (Å²) in [5.41, 5.74) is 4.20. The summed E-state index contributed by atoms with van der Waals surface area (Å²) in [7, 11) is 0. The molecule has 0 aliphatic carbocycles. The number of nitrogens with zero attached hydrogens (tertiary/aromatic N) is 3. The van der Waals surface area contributed by atoms with Gasteiger partial charge in [0.15, 0.2) is 0 Å². The van der Waals surface area contributed by atoms with Crippen molar-refractivity contribution in [3.8, 4) is 16.9 Å². The Kier molecular flexibility index (Phi) is 5.03. The van der Waals surface area contributed by atoms with E-state index < -0.39 is 0 Å². The van der Waals surface area contributed by atoms with E-state index in [4.69, 9.17) is 0 Å². The van der Waals surface area contributed by atoms with Crippen LogP contribution >= 0.6 is 0 Å². The maximum Gasteiger partial charge on any atom is 0.123 e. The zero-order valence-corrected chi connectivity index (χ0v) is 15.1. The van der Waals surface area contributed by atoms with E-state index in [1.165, 1.54) is 12.1 Å². The lowest BCUT2D eigenvalue weighted by atomic mass is 10.1. The van der Waals surface area contributed by atoms with Crippen molar-refractivity contribution in [2.24, 2.45) is 0 Å². The number of aromatic nitrogens is 1. The van der Waals surface area contributed by atoms with Crippen molar-refractivity contribution in [1.29, 1.82) is 0 Å². The summed E-state index contributed by atoms with van der Waals surface area (Å²) in [6.07, 6.45) is 3.71. The van der Waals surface area contributed by atoms with Crippen LogP contribution in [-0.2, 0) is 6.54 Å².